The third-order valence-electron chi connectivity index (χ3n) is 3.31. The maximum atomic E-state index is 12.9. The first-order valence-electron chi connectivity index (χ1n) is 7.87. The Morgan fingerprint density at radius 2 is 1.62 bits per heavy atom. The van der Waals surface area contributed by atoms with Crippen LogP contribution in [0.25, 0.3) is 0 Å². The van der Waals surface area contributed by atoms with Crippen molar-refractivity contribution >= 4 is 46.6 Å². The number of halogens is 2. The summed E-state index contributed by atoms with van der Waals surface area (Å²) in [7, 11) is 0. The molecule has 2 rings (SSSR count). The first kappa shape index (κ1) is 20.1. The van der Waals surface area contributed by atoms with Gasteiger partial charge in [-0.3, -0.25) is 4.79 Å². The van der Waals surface area contributed by atoms with Crippen molar-refractivity contribution in [3.8, 4) is 0 Å². The number of carbonyl (C=O) groups excluding carboxylic acids is 1. The molecule has 2 aromatic rings. The van der Waals surface area contributed by atoms with Crippen LogP contribution in [0.1, 0.15) is 26.3 Å². The van der Waals surface area contributed by atoms with Gasteiger partial charge in [-0.25, -0.2) is 9.69 Å². The van der Waals surface area contributed by atoms with Crippen LogP contribution in [0.3, 0.4) is 0 Å². The van der Waals surface area contributed by atoms with E-state index in [2.05, 4.69) is 0 Å². The molecule has 0 saturated carbocycles. The number of amides is 1. The van der Waals surface area contributed by atoms with Gasteiger partial charge in [-0.15, -0.1) is 0 Å². The summed E-state index contributed by atoms with van der Waals surface area (Å²) in [4.78, 5) is 25.4. The lowest BCUT2D eigenvalue weighted by molar-refractivity contribution is -0.136. The van der Waals surface area contributed by atoms with E-state index in [1.807, 2.05) is 0 Å². The van der Waals surface area contributed by atoms with Gasteiger partial charge in [-0.2, -0.15) is 0 Å². The Hall–Kier alpha value is -2.24. The first-order valence-corrected chi connectivity index (χ1v) is 8.62. The number of nitrogens with zero attached hydrogens (tertiary/aromatic N) is 1. The number of hydrogen-bond acceptors (Lipinski definition) is 3. The molecule has 1 N–H and O–H groups in total. The van der Waals surface area contributed by atoms with Crippen LogP contribution in [0.15, 0.2) is 42.5 Å². The second-order valence-corrected chi connectivity index (χ2v) is 7.40. The van der Waals surface area contributed by atoms with Crippen LogP contribution in [-0.2, 0) is 16.0 Å². The van der Waals surface area contributed by atoms with E-state index in [9.17, 15) is 14.7 Å². The van der Waals surface area contributed by atoms with Gasteiger partial charge in [-0.1, -0.05) is 47.5 Å². The number of carboxylic acid groups (broad SMARTS) is 1. The van der Waals surface area contributed by atoms with Crippen LogP contribution >= 0.6 is 23.2 Å². The molecule has 0 unspecified atom stereocenters. The molecule has 0 aliphatic heterocycles. The Morgan fingerprint density at radius 3 is 2.15 bits per heavy atom. The van der Waals surface area contributed by atoms with Crippen LogP contribution in [-0.4, -0.2) is 22.8 Å². The number of carboxylic acids is 1. The summed E-state index contributed by atoms with van der Waals surface area (Å²) in [6, 6.07) is 11.5. The number of para-hydroxylation sites is 2. The summed E-state index contributed by atoms with van der Waals surface area (Å²) in [5.41, 5.74) is 0.258. The van der Waals surface area contributed by atoms with Gasteiger partial charge < -0.3 is 9.84 Å². The largest absolute Gasteiger partial charge is 0.481 e. The standard InChI is InChI=1S/C19H19Cl2NO4/c1-19(2,3)26-18(25)22(17-13(20)8-6-9-14(17)21)15-10-5-4-7-12(15)11-16(23)24/h4-10H,11H2,1-3H3,(H,23,24). The van der Waals surface area contributed by atoms with Crippen molar-refractivity contribution in [2.45, 2.75) is 32.8 Å². The molecule has 0 saturated heterocycles. The van der Waals surface area contributed by atoms with E-state index in [0.717, 1.165) is 0 Å². The Balaban J connectivity index is 2.66. The van der Waals surface area contributed by atoms with Crippen molar-refractivity contribution in [3.05, 3.63) is 58.1 Å². The highest BCUT2D eigenvalue weighted by molar-refractivity contribution is 6.40. The average molecular weight is 396 g/mol. The van der Waals surface area contributed by atoms with Gasteiger partial charge in [0.2, 0.25) is 0 Å². The maximum absolute atomic E-state index is 12.9. The van der Waals surface area contributed by atoms with Gasteiger partial charge in [0.05, 0.1) is 27.8 Å². The molecular formula is C19H19Cl2NO4. The molecule has 0 aromatic heterocycles. The number of ether oxygens (including phenoxy) is 1. The third-order valence-corrected chi connectivity index (χ3v) is 3.92. The second-order valence-electron chi connectivity index (χ2n) is 6.59. The second kappa shape index (κ2) is 7.98. The predicted molar refractivity (Wildman–Crippen MR) is 103 cm³/mol. The van der Waals surface area contributed by atoms with Crippen LogP contribution < -0.4 is 4.90 Å². The van der Waals surface area contributed by atoms with Gasteiger partial charge in [-0.05, 0) is 44.5 Å². The zero-order valence-electron chi connectivity index (χ0n) is 14.6. The van der Waals surface area contributed by atoms with Crippen molar-refractivity contribution < 1.29 is 19.4 Å². The molecule has 0 atom stereocenters. The highest BCUT2D eigenvalue weighted by Gasteiger charge is 2.29. The van der Waals surface area contributed by atoms with Gasteiger partial charge in [0, 0.05) is 0 Å². The summed E-state index contributed by atoms with van der Waals surface area (Å²) in [5.74, 6) is -1.02. The summed E-state index contributed by atoms with van der Waals surface area (Å²) in [5, 5.41) is 9.68. The fourth-order valence-corrected chi connectivity index (χ4v) is 2.93. The molecule has 0 spiro atoms. The summed E-state index contributed by atoms with van der Waals surface area (Å²) in [6.45, 7) is 5.21. The Kier molecular flexibility index (Phi) is 6.16. The Bertz CT molecular complexity index is 810. The maximum Gasteiger partial charge on any atom is 0.419 e. The van der Waals surface area contributed by atoms with Gasteiger partial charge in [0.15, 0.2) is 0 Å². The van der Waals surface area contributed by atoms with Crippen molar-refractivity contribution in [2.75, 3.05) is 4.90 Å². The lowest BCUT2D eigenvalue weighted by atomic mass is 10.1. The summed E-state index contributed by atoms with van der Waals surface area (Å²) in [6.07, 6.45) is -0.970. The number of rotatable bonds is 4. The predicted octanol–water partition coefficient (Wildman–Crippen LogP) is 5.69. The van der Waals surface area contributed by atoms with Gasteiger partial charge >= 0.3 is 12.1 Å². The van der Waals surface area contributed by atoms with Crippen molar-refractivity contribution in [3.63, 3.8) is 0 Å². The minimum atomic E-state index is -1.02. The lowest BCUT2D eigenvalue weighted by Crippen LogP contribution is -2.34. The van der Waals surface area contributed by atoms with Crippen molar-refractivity contribution in [1.29, 1.82) is 0 Å². The number of benzene rings is 2. The first-order chi connectivity index (χ1) is 12.1. The van der Waals surface area contributed by atoms with Crippen LogP contribution in [0.5, 0.6) is 0 Å². The zero-order valence-corrected chi connectivity index (χ0v) is 16.1. The lowest BCUT2D eigenvalue weighted by Gasteiger charge is -2.29. The fraction of sp³-hybridized carbons (Fsp3) is 0.263. The number of anilines is 2. The van der Waals surface area contributed by atoms with E-state index < -0.39 is 17.7 Å². The van der Waals surface area contributed by atoms with E-state index in [1.165, 1.54) is 4.90 Å². The van der Waals surface area contributed by atoms with Crippen molar-refractivity contribution in [1.82, 2.24) is 0 Å². The van der Waals surface area contributed by atoms with E-state index in [1.54, 1.807) is 63.2 Å². The molecule has 2 aromatic carbocycles. The molecule has 0 bridgehead atoms. The van der Waals surface area contributed by atoms with Crippen LogP contribution in [0, 0.1) is 0 Å². The quantitative estimate of drug-likeness (QED) is 0.721. The smallest absolute Gasteiger partial charge is 0.419 e. The normalized spacial score (nSPS) is 11.1. The topological polar surface area (TPSA) is 66.8 Å². The molecule has 0 fully saturated rings. The minimum Gasteiger partial charge on any atom is -0.481 e. The van der Waals surface area contributed by atoms with Crippen LogP contribution in [0.2, 0.25) is 10.0 Å². The molecule has 0 heterocycles. The summed E-state index contributed by atoms with van der Waals surface area (Å²) >= 11 is 12.6. The van der Waals surface area contributed by atoms with E-state index in [-0.39, 0.29) is 22.2 Å². The van der Waals surface area contributed by atoms with Gasteiger partial charge in [0.25, 0.3) is 0 Å². The summed E-state index contributed by atoms with van der Waals surface area (Å²) < 4.78 is 5.50. The monoisotopic (exact) mass is 395 g/mol. The SMILES string of the molecule is CC(C)(C)OC(=O)N(c1ccccc1CC(=O)O)c1c(Cl)cccc1Cl. The Labute approximate surface area is 162 Å². The molecular weight excluding hydrogens is 377 g/mol. The number of hydrogen-bond donors (Lipinski definition) is 1. The zero-order chi connectivity index (χ0) is 19.5. The average Bonchev–Trinajstić information content (AvgIpc) is 2.49. The molecule has 0 aliphatic carbocycles. The molecule has 0 radical (unpaired) electrons. The molecule has 1 amide bonds. The molecule has 5 nitrogen and oxygen atoms in total. The fourth-order valence-electron chi connectivity index (χ4n) is 2.36. The molecule has 138 valence electrons. The molecule has 7 heteroatoms. The highest BCUT2D eigenvalue weighted by atomic mass is 35.5. The minimum absolute atomic E-state index is 0.239. The van der Waals surface area contributed by atoms with E-state index in [0.29, 0.717) is 11.3 Å². The number of carbonyl (C=O) groups is 2. The molecule has 26 heavy (non-hydrogen) atoms. The molecule has 0 aliphatic rings. The Morgan fingerprint density at radius 1 is 1.04 bits per heavy atom. The van der Waals surface area contributed by atoms with Gasteiger partial charge in [0.1, 0.15) is 5.60 Å². The van der Waals surface area contributed by atoms with Crippen LogP contribution in [0.4, 0.5) is 16.2 Å². The van der Waals surface area contributed by atoms with Crippen molar-refractivity contribution in [2.24, 2.45) is 0 Å². The van der Waals surface area contributed by atoms with E-state index >= 15 is 0 Å². The van der Waals surface area contributed by atoms with E-state index in [4.69, 9.17) is 27.9 Å². The number of aliphatic carboxylic acids is 1. The third kappa shape index (κ3) is 4.90. The highest BCUT2D eigenvalue weighted by Crippen LogP contribution is 2.40.